The van der Waals surface area contributed by atoms with Gasteiger partial charge in [-0.05, 0) is 25.0 Å². The summed E-state index contributed by atoms with van der Waals surface area (Å²) in [5, 5.41) is 9.30. The van der Waals surface area contributed by atoms with Gasteiger partial charge < -0.3 is 9.64 Å². The maximum absolute atomic E-state index is 12.7. The van der Waals surface area contributed by atoms with E-state index in [9.17, 15) is 10.1 Å². The van der Waals surface area contributed by atoms with Crippen LogP contribution in [-0.4, -0.2) is 59.5 Å². The quantitative estimate of drug-likeness (QED) is 0.828. The number of aromatic nitrogens is 1. The van der Waals surface area contributed by atoms with E-state index < -0.39 is 0 Å². The summed E-state index contributed by atoms with van der Waals surface area (Å²) >= 11 is 0. The molecule has 0 N–H and O–H groups in total. The van der Waals surface area contributed by atoms with Gasteiger partial charge in [0.2, 0.25) is 0 Å². The van der Waals surface area contributed by atoms with Crippen molar-refractivity contribution >= 4 is 5.91 Å². The van der Waals surface area contributed by atoms with E-state index in [1.54, 1.807) is 23.2 Å². The lowest BCUT2D eigenvalue weighted by atomic mass is 10.0. The molecule has 0 spiro atoms. The molecule has 6 heteroatoms. The number of pyridine rings is 1. The molecule has 0 aromatic carbocycles. The Kier molecular flexibility index (Phi) is 5.94. The van der Waals surface area contributed by atoms with E-state index in [-0.39, 0.29) is 17.9 Å². The summed E-state index contributed by atoms with van der Waals surface area (Å²) in [6, 6.07) is 5.80. The molecule has 0 bridgehead atoms. The van der Waals surface area contributed by atoms with Gasteiger partial charge in [-0.3, -0.25) is 9.69 Å². The van der Waals surface area contributed by atoms with Crippen LogP contribution >= 0.6 is 0 Å². The predicted molar refractivity (Wildman–Crippen MR) is 87.1 cm³/mol. The molecule has 1 unspecified atom stereocenters. The van der Waals surface area contributed by atoms with Crippen LogP contribution in [0.4, 0.5) is 0 Å². The lowest BCUT2D eigenvalue weighted by Crippen LogP contribution is -2.53. The third kappa shape index (κ3) is 3.99. The number of hydrogen-bond acceptors (Lipinski definition) is 5. The van der Waals surface area contributed by atoms with Crippen LogP contribution in [0.1, 0.15) is 31.3 Å². The van der Waals surface area contributed by atoms with Crippen molar-refractivity contribution in [3.05, 3.63) is 24.0 Å². The van der Waals surface area contributed by atoms with Crippen molar-refractivity contribution in [2.75, 3.05) is 32.8 Å². The maximum atomic E-state index is 12.7. The van der Waals surface area contributed by atoms with Crippen LogP contribution in [-0.2, 0) is 0 Å². The van der Waals surface area contributed by atoms with Crippen molar-refractivity contribution in [2.24, 2.45) is 5.92 Å². The van der Waals surface area contributed by atoms with E-state index >= 15 is 0 Å². The summed E-state index contributed by atoms with van der Waals surface area (Å²) in [5.41, 5.74) is 0.364. The number of rotatable bonds is 5. The van der Waals surface area contributed by atoms with E-state index in [2.05, 4.69) is 16.0 Å². The summed E-state index contributed by atoms with van der Waals surface area (Å²) in [4.78, 5) is 20.8. The van der Waals surface area contributed by atoms with E-state index in [0.29, 0.717) is 44.2 Å². The SMILES string of the molecule is CCOc1cccnc1C(=O)N1CCN(C(C#N)C(C)C)CC1. The van der Waals surface area contributed by atoms with Gasteiger partial charge in [0.05, 0.1) is 12.7 Å². The van der Waals surface area contributed by atoms with Crippen molar-refractivity contribution < 1.29 is 9.53 Å². The zero-order valence-electron chi connectivity index (χ0n) is 14.0. The van der Waals surface area contributed by atoms with Crippen LogP contribution in [0.15, 0.2) is 18.3 Å². The first-order valence-electron chi connectivity index (χ1n) is 8.09. The summed E-state index contributed by atoms with van der Waals surface area (Å²) in [5.74, 6) is 0.703. The lowest BCUT2D eigenvalue weighted by molar-refractivity contribution is 0.0567. The molecule has 1 aromatic rings. The molecule has 0 saturated carbocycles. The molecule has 1 aromatic heterocycles. The summed E-state index contributed by atoms with van der Waals surface area (Å²) < 4.78 is 5.49. The Bertz CT molecular complexity index is 574. The standard InChI is InChI=1S/C17H24N4O2/c1-4-23-15-6-5-7-19-16(15)17(22)21-10-8-20(9-11-21)14(12-18)13(2)3/h5-7,13-14H,4,8-11H2,1-3H3. The number of hydrogen-bond donors (Lipinski definition) is 0. The van der Waals surface area contributed by atoms with Gasteiger partial charge in [-0.15, -0.1) is 0 Å². The monoisotopic (exact) mass is 316 g/mol. The van der Waals surface area contributed by atoms with Gasteiger partial charge in [-0.25, -0.2) is 4.98 Å². The summed E-state index contributed by atoms with van der Waals surface area (Å²) in [6.45, 7) is 9.10. The highest BCUT2D eigenvalue weighted by Gasteiger charge is 2.29. The van der Waals surface area contributed by atoms with E-state index in [1.165, 1.54) is 0 Å². The number of carbonyl (C=O) groups excluding carboxylic acids is 1. The Labute approximate surface area is 137 Å². The highest BCUT2D eigenvalue weighted by molar-refractivity contribution is 5.95. The Morgan fingerprint density at radius 3 is 2.65 bits per heavy atom. The third-order valence-electron chi connectivity index (χ3n) is 4.03. The van der Waals surface area contributed by atoms with Crippen LogP contribution in [0.5, 0.6) is 5.75 Å². The molecule has 1 atom stereocenters. The first kappa shape index (κ1) is 17.2. The van der Waals surface area contributed by atoms with Crippen molar-refractivity contribution in [1.82, 2.24) is 14.8 Å². The number of amides is 1. The van der Waals surface area contributed by atoms with Gasteiger partial charge in [0.25, 0.3) is 5.91 Å². The topological polar surface area (TPSA) is 69.5 Å². The second-order valence-electron chi connectivity index (χ2n) is 5.93. The number of piperazine rings is 1. The fourth-order valence-electron chi connectivity index (χ4n) is 2.83. The Hall–Kier alpha value is -2.13. The highest BCUT2D eigenvalue weighted by Crippen LogP contribution is 2.19. The van der Waals surface area contributed by atoms with Gasteiger partial charge in [-0.2, -0.15) is 5.26 Å². The molecule has 0 aliphatic carbocycles. The third-order valence-corrected chi connectivity index (χ3v) is 4.03. The van der Waals surface area contributed by atoms with Gasteiger partial charge in [-0.1, -0.05) is 13.8 Å². The molecule has 1 fully saturated rings. The first-order valence-corrected chi connectivity index (χ1v) is 8.09. The van der Waals surface area contributed by atoms with Crippen molar-refractivity contribution in [3.8, 4) is 11.8 Å². The molecule has 1 saturated heterocycles. The number of ether oxygens (including phenoxy) is 1. The Morgan fingerprint density at radius 1 is 1.39 bits per heavy atom. The fraction of sp³-hybridized carbons (Fsp3) is 0.588. The maximum Gasteiger partial charge on any atom is 0.276 e. The van der Waals surface area contributed by atoms with Crippen molar-refractivity contribution in [1.29, 1.82) is 5.26 Å². The van der Waals surface area contributed by atoms with Gasteiger partial charge in [0.15, 0.2) is 11.4 Å². The van der Waals surface area contributed by atoms with Crippen molar-refractivity contribution in [3.63, 3.8) is 0 Å². The van der Waals surface area contributed by atoms with Gasteiger partial charge in [0, 0.05) is 32.4 Å². The van der Waals surface area contributed by atoms with E-state index in [1.807, 2.05) is 20.8 Å². The normalized spacial score (nSPS) is 16.9. The van der Waals surface area contributed by atoms with E-state index in [4.69, 9.17) is 4.74 Å². The number of nitriles is 1. The number of nitrogens with zero attached hydrogens (tertiary/aromatic N) is 4. The average molecular weight is 316 g/mol. The minimum atomic E-state index is -0.105. The van der Waals surface area contributed by atoms with Crippen LogP contribution in [0.2, 0.25) is 0 Å². The van der Waals surface area contributed by atoms with E-state index in [0.717, 1.165) is 0 Å². The molecule has 1 amide bonds. The molecule has 124 valence electrons. The smallest absolute Gasteiger partial charge is 0.276 e. The predicted octanol–water partition coefficient (Wildman–Crippen LogP) is 1.79. The van der Waals surface area contributed by atoms with Crippen molar-refractivity contribution in [2.45, 2.75) is 26.8 Å². The fourth-order valence-corrected chi connectivity index (χ4v) is 2.83. The van der Waals surface area contributed by atoms with Crippen LogP contribution in [0, 0.1) is 17.2 Å². The molecule has 0 radical (unpaired) electrons. The molecule has 1 aliphatic rings. The van der Waals surface area contributed by atoms with Crippen LogP contribution < -0.4 is 4.74 Å². The second-order valence-corrected chi connectivity index (χ2v) is 5.93. The molecule has 6 nitrogen and oxygen atoms in total. The zero-order chi connectivity index (χ0) is 16.8. The summed E-state index contributed by atoms with van der Waals surface area (Å²) in [7, 11) is 0. The molecule has 2 heterocycles. The second kappa shape index (κ2) is 7.93. The Morgan fingerprint density at radius 2 is 2.09 bits per heavy atom. The lowest BCUT2D eigenvalue weighted by Gasteiger charge is -2.38. The molecule has 23 heavy (non-hydrogen) atoms. The van der Waals surface area contributed by atoms with Gasteiger partial charge in [0.1, 0.15) is 6.04 Å². The van der Waals surface area contributed by atoms with Crippen LogP contribution in [0.25, 0.3) is 0 Å². The van der Waals surface area contributed by atoms with Gasteiger partial charge >= 0.3 is 0 Å². The zero-order valence-corrected chi connectivity index (χ0v) is 14.0. The molecule has 2 rings (SSSR count). The van der Waals surface area contributed by atoms with Crippen LogP contribution in [0.3, 0.4) is 0 Å². The minimum absolute atomic E-state index is 0.0962. The summed E-state index contributed by atoms with van der Waals surface area (Å²) in [6.07, 6.45) is 1.61. The first-order chi connectivity index (χ1) is 11.1. The Balaban J connectivity index is 2.03. The molecular weight excluding hydrogens is 292 g/mol. The largest absolute Gasteiger partial charge is 0.491 e. The number of carbonyl (C=O) groups is 1. The average Bonchev–Trinajstić information content (AvgIpc) is 2.56. The minimum Gasteiger partial charge on any atom is -0.491 e. The molecular formula is C17H24N4O2. The molecule has 1 aliphatic heterocycles. The highest BCUT2D eigenvalue weighted by atomic mass is 16.5.